The first-order chi connectivity index (χ1) is 7.97. The molecule has 0 saturated heterocycles. The number of ether oxygens (including phenoxy) is 1. The van der Waals surface area contributed by atoms with Crippen LogP contribution in [0, 0.1) is 5.92 Å². The van der Waals surface area contributed by atoms with Crippen LogP contribution < -0.4 is 0 Å². The molecule has 2 nitrogen and oxygen atoms in total. The molecule has 0 rings (SSSR count). The number of rotatable bonds is 7. The highest BCUT2D eigenvalue weighted by molar-refractivity contribution is 6.55. The standard InChI is InChI=1S/C11H20O2.C2H2Cl2/c1-4-7-8-10(5-2)9-13-11(12)6-3;1-2(3)4/h6,10H,3-5,7-9H2,1-2H3;1H2. The van der Waals surface area contributed by atoms with Gasteiger partial charge in [0.2, 0.25) is 0 Å². The number of carbonyl (C=O) groups is 1. The normalized spacial score (nSPS) is 10.8. The fourth-order valence-electron chi connectivity index (χ4n) is 1.16. The Kier molecular flexibility index (Phi) is 15.1. The van der Waals surface area contributed by atoms with Gasteiger partial charge in [0.15, 0.2) is 0 Å². The zero-order valence-corrected chi connectivity index (χ0v) is 12.2. The van der Waals surface area contributed by atoms with Gasteiger partial charge in [0, 0.05) is 6.08 Å². The number of hydrogen-bond acceptors (Lipinski definition) is 2. The lowest BCUT2D eigenvalue weighted by Crippen LogP contribution is -2.12. The van der Waals surface area contributed by atoms with Gasteiger partial charge in [0.1, 0.15) is 0 Å². The summed E-state index contributed by atoms with van der Waals surface area (Å²) >= 11 is 9.69. The highest BCUT2D eigenvalue weighted by Crippen LogP contribution is 2.12. The average Bonchev–Trinajstić information content (AvgIpc) is 2.28. The Morgan fingerprint density at radius 1 is 1.41 bits per heavy atom. The Morgan fingerprint density at radius 3 is 2.29 bits per heavy atom. The molecule has 0 spiro atoms. The monoisotopic (exact) mass is 280 g/mol. The van der Waals surface area contributed by atoms with Crippen LogP contribution in [0.4, 0.5) is 0 Å². The summed E-state index contributed by atoms with van der Waals surface area (Å²) in [6.45, 7) is 11.3. The second kappa shape index (κ2) is 13.6. The van der Waals surface area contributed by atoms with Crippen LogP contribution in [0.15, 0.2) is 23.7 Å². The SMILES string of the molecule is C=C(Cl)Cl.C=CC(=O)OCC(CC)CCCC. The van der Waals surface area contributed by atoms with E-state index in [2.05, 4.69) is 27.0 Å². The van der Waals surface area contributed by atoms with Crippen LogP contribution in [-0.2, 0) is 9.53 Å². The van der Waals surface area contributed by atoms with Crippen molar-refractivity contribution in [3.05, 3.63) is 23.7 Å². The number of hydrogen-bond donors (Lipinski definition) is 0. The molecule has 100 valence electrons. The molecule has 0 radical (unpaired) electrons. The van der Waals surface area contributed by atoms with Crippen LogP contribution in [0.3, 0.4) is 0 Å². The minimum atomic E-state index is -0.310. The molecule has 0 amide bonds. The Bertz CT molecular complexity index is 223. The lowest BCUT2D eigenvalue weighted by Gasteiger charge is -2.13. The highest BCUT2D eigenvalue weighted by Gasteiger charge is 2.07. The summed E-state index contributed by atoms with van der Waals surface area (Å²) in [7, 11) is 0. The van der Waals surface area contributed by atoms with Crippen molar-refractivity contribution < 1.29 is 9.53 Å². The second-order valence-corrected chi connectivity index (χ2v) is 4.70. The third-order valence-electron chi connectivity index (χ3n) is 2.17. The second-order valence-electron chi connectivity index (χ2n) is 3.59. The molecule has 4 heteroatoms. The quantitative estimate of drug-likeness (QED) is 0.491. The molecular formula is C13H22Cl2O2. The van der Waals surface area contributed by atoms with Crippen molar-refractivity contribution in [3.63, 3.8) is 0 Å². The maximum Gasteiger partial charge on any atom is 0.330 e. The summed E-state index contributed by atoms with van der Waals surface area (Å²) in [6, 6.07) is 0. The van der Waals surface area contributed by atoms with Gasteiger partial charge in [-0.15, -0.1) is 0 Å². The van der Waals surface area contributed by atoms with Crippen LogP contribution in [0.2, 0.25) is 0 Å². The van der Waals surface area contributed by atoms with Crippen molar-refractivity contribution in [3.8, 4) is 0 Å². The molecule has 0 heterocycles. The van der Waals surface area contributed by atoms with Crippen molar-refractivity contribution in [1.82, 2.24) is 0 Å². The first kappa shape index (κ1) is 18.9. The van der Waals surface area contributed by atoms with Gasteiger partial charge in [-0.05, 0) is 12.3 Å². The zero-order chi connectivity index (χ0) is 13.7. The number of carbonyl (C=O) groups excluding carboxylic acids is 1. The summed E-state index contributed by atoms with van der Waals surface area (Å²) in [5, 5.41) is 0. The van der Waals surface area contributed by atoms with E-state index in [1.165, 1.54) is 18.9 Å². The Labute approximate surface area is 115 Å². The van der Waals surface area contributed by atoms with Gasteiger partial charge in [0.05, 0.1) is 11.1 Å². The van der Waals surface area contributed by atoms with Crippen LogP contribution in [0.1, 0.15) is 39.5 Å². The molecule has 0 N–H and O–H groups in total. The fourth-order valence-corrected chi connectivity index (χ4v) is 1.16. The summed E-state index contributed by atoms with van der Waals surface area (Å²) in [5.74, 6) is 0.207. The van der Waals surface area contributed by atoms with E-state index in [1.54, 1.807) is 0 Å². The van der Waals surface area contributed by atoms with Crippen LogP contribution in [0.25, 0.3) is 0 Å². The van der Waals surface area contributed by atoms with Crippen molar-refractivity contribution in [1.29, 1.82) is 0 Å². The first-order valence-corrected chi connectivity index (χ1v) is 6.52. The Morgan fingerprint density at radius 2 is 1.94 bits per heavy atom. The minimum Gasteiger partial charge on any atom is -0.462 e. The van der Waals surface area contributed by atoms with Gasteiger partial charge in [0.25, 0.3) is 0 Å². The van der Waals surface area contributed by atoms with Crippen molar-refractivity contribution in [2.45, 2.75) is 39.5 Å². The highest BCUT2D eigenvalue weighted by atomic mass is 35.5. The summed E-state index contributed by atoms with van der Waals surface area (Å²) in [4.78, 5) is 10.8. The van der Waals surface area contributed by atoms with Crippen molar-refractivity contribution >= 4 is 29.2 Å². The molecule has 0 fully saturated rings. The van der Waals surface area contributed by atoms with E-state index in [-0.39, 0.29) is 10.5 Å². The topological polar surface area (TPSA) is 26.3 Å². The number of halogens is 2. The minimum absolute atomic E-state index is 0.111. The molecule has 1 atom stereocenters. The Hall–Kier alpha value is -0.470. The van der Waals surface area contributed by atoms with Crippen molar-refractivity contribution in [2.24, 2.45) is 5.92 Å². The predicted molar refractivity (Wildman–Crippen MR) is 75.3 cm³/mol. The van der Waals surface area contributed by atoms with Crippen LogP contribution in [0.5, 0.6) is 0 Å². The van der Waals surface area contributed by atoms with E-state index in [9.17, 15) is 4.79 Å². The largest absolute Gasteiger partial charge is 0.462 e. The molecule has 0 aliphatic carbocycles. The molecule has 0 bridgehead atoms. The fraction of sp³-hybridized carbons (Fsp3) is 0.615. The molecule has 0 aromatic heterocycles. The van der Waals surface area contributed by atoms with Crippen molar-refractivity contribution in [2.75, 3.05) is 6.61 Å². The summed E-state index contributed by atoms with van der Waals surface area (Å²) in [5.41, 5.74) is 0. The third-order valence-corrected chi connectivity index (χ3v) is 2.17. The van der Waals surface area contributed by atoms with Crippen LogP contribution in [-0.4, -0.2) is 12.6 Å². The Balaban J connectivity index is 0. The van der Waals surface area contributed by atoms with E-state index in [0.717, 1.165) is 12.8 Å². The van der Waals surface area contributed by atoms with E-state index in [1.807, 2.05) is 0 Å². The molecule has 1 unspecified atom stereocenters. The van der Waals surface area contributed by atoms with E-state index in [4.69, 9.17) is 27.9 Å². The van der Waals surface area contributed by atoms with E-state index in [0.29, 0.717) is 12.5 Å². The lowest BCUT2D eigenvalue weighted by molar-refractivity contribution is -0.139. The molecule has 0 aromatic carbocycles. The van der Waals surface area contributed by atoms with E-state index >= 15 is 0 Å². The van der Waals surface area contributed by atoms with E-state index < -0.39 is 0 Å². The van der Waals surface area contributed by atoms with Gasteiger partial charge in [-0.2, -0.15) is 0 Å². The predicted octanol–water partition coefficient (Wildman–Crippen LogP) is 4.87. The average molecular weight is 281 g/mol. The number of unbranched alkanes of at least 4 members (excludes halogenated alkanes) is 1. The van der Waals surface area contributed by atoms with Gasteiger partial charge < -0.3 is 4.74 Å². The lowest BCUT2D eigenvalue weighted by atomic mass is 10.0. The molecule has 0 aliphatic heterocycles. The number of esters is 1. The molecule has 0 aromatic rings. The first-order valence-electron chi connectivity index (χ1n) is 5.76. The zero-order valence-electron chi connectivity index (χ0n) is 10.7. The van der Waals surface area contributed by atoms with Gasteiger partial charge in [-0.1, -0.05) is 69.5 Å². The van der Waals surface area contributed by atoms with Gasteiger partial charge >= 0.3 is 5.97 Å². The molecule has 17 heavy (non-hydrogen) atoms. The molecular weight excluding hydrogens is 259 g/mol. The maximum absolute atomic E-state index is 10.8. The van der Waals surface area contributed by atoms with Crippen LogP contribution >= 0.6 is 23.2 Å². The summed E-state index contributed by atoms with van der Waals surface area (Å²) < 4.78 is 5.10. The third kappa shape index (κ3) is 18.1. The summed E-state index contributed by atoms with van der Waals surface area (Å²) in [6.07, 6.45) is 5.85. The maximum atomic E-state index is 10.8. The van der Waals surface area contributed by atoms with Gasteiger partial charge in [-0.3, -0.25) is 0 Å². The molecule has 0 saturated carbocycles. The van der Waals surface area contributed by atoms with Gasteiger partial charge in [-0.25, -0.2) is 4.79 Å². The molecule has 0 aliphatic rings. The smallest absolute Gasteiger partial charge is 0.330 e.